The van der Waals surface area contributed by atoms with Crippen molar-refractivity contribution in [2.75, 3.05) is 0 Å². The molecule has 0 saturated carbocycles. The van der Waals surface area contributed by atoms with E-state index in [1.807, 2.05) is 0 Å². The lowest BCUT2D eigenvalue weighted by Gasteiger charge is -2.23. The molecule has 1 N–H and O–H groups in total. The van der Waals surface area contributed by atoms with Crippen molar-refractivity contribution in [1.82, 2.24) is 29.7 Å². The van der Waals surface area contributed by atoms with Crippen LogP contribution in [-0.4, -0.2) is 29.7 Å². The van der Waals surface area contributed by atoms with E-state index in [4.69, 9.17) is 20.5 Å². The van der Waals surface area contributed by atoms with Crippen LogP contribution in [-0.2, 0) is 12.6 Å². The molecule has 0 atom stereocenters. The molecule has 3 aromatic rings. The Bertz CT molecular complexity index is 997. The molecule has 8 nitrogen and oxygen atoms in total. The van der Waals surface area contributed by atoms with Crippen LogP contribution in [0.3, 0.4) is 0 Å². The summed E-state index contributed by atoms with van der Waals surface area (Å²) in [6, 6.07) is 0. The zero-order valence-electron chi connectivity index (χ0n) is 14.7. The number of aromatic amines is 1. The molecule has 0 saturated heterocycles. The minimum absolute atomic E-state index is 0.0658. The summed E-state index contributed by atoms with van der Waals surface area (Å²) in [6.07, 6.45) is 3.61. The average molecular weight is 324 g/mol. The van der Waals surface area contributed by atoms with Gasteiger partial charge in [-0.15, -0.1) is 0 Å². The van der Waals surface area contributed by atoms with E-state index in [1.54, 1.807) is 13.8 Å². The van der Waals surface area contributed by atoms with Gasteiger partial charge in [-0.3, -0.25) is 9.48 Å². The van der Waals surface area contributed by atoms with Crippen LogP contribution in [0.15, 0.2) is 23.6 Å². The number of H-pyrrole nitrogens is 1. The smallest absolute Gasteiger partial charge is 0.262 e. The van der Waals surface area contributed by atoms with E-state index in [0.29, 0.717) is 0 Å². The van der Waals surface area contributed by atoms with E-state index in [2.05, 4.69) is 25.0 Å². The number of pyridine rings is 1. The van der Waals surface area contributed by atoms with Crippen molar-refractivity contribution in [3.63, 3.8) is 0 Å². The standard InChI is InChI=1S/C13H13ClN6O2/c1-13(2,12-18-6-20(3)19-12)22-7-4-15-10(14)9-8(7)11(21)17-5-16-9/h4-6H,1-3H3,(H,16,17,21)/i3D3. The highest BCUT2D eigenvalue weighted by Gasteiger charge is 2.29. The molecule has 0 radical (unpaired) electrons. The van der Waals surface area contributed by atoms with Crippen LogP contribution in [0.4, 0.5) is 0 Å². The number of fused-ring (bicyclic) bond motifs is 1. The highest BCUT2D eigenvalue weighted by Crippen LogP contribution is 2.30. The fourth-order valence-corrected chi connectivity index (χ4v) is 2.15. The normalized spacial score (nSPS) is 14.4. The number of hydrogen-bond donors (Lipinski definition) is 1. The van der Waals surface area contributed by atoms with Gasteiger partial charge in [0.15, 0.2) is 22.3 Å². The van der Waals surface area contributed by atoms with Crippen molar-refractivity contribution < 1.29 is 8.85 Å². The van der Waals surface area contributed by atoms with Crippen molar-refractivity contribution in [2.24, 2.45) is 6.98 Å². The summed E-state index contributed by atoms with van der Waals surface area (Å²) in [5, 5.41) is 4.14. The van der Waals surface area contributed by atoms with Crippen LogP contribution >= 0.6 is 11.6 Å². The van der Waals surface area contributed by atoms with Gasteiger partial charge in [0.05, 0.1) is 12.5 Å². The van der Waals surface area contributed by atoms with Crippen LogP contribution in [0.1, 0.15) is 23.8 Å². The lowest BCUT2D eigenvalue weighted by molar-refractivity contribution is 0.0998. The van der Waals surface area contributed by atoms with Crippen LogP contribution in [0.25, 0.3) is 10.9 Å². The van der Waals surface area contributed by atoms with Gasteiger partial charge in [-0.1, -0.05) is 11.6 Å². The first-order valence-electron chi connectivity index (χ1n) is 7.73. The van der Waals surface area contributed by atoms with Crippen LogP contribution in [0.2, 0.25) is 5.15 Å². The maximum absolute atomic E-state index is 12.1. The van der Waals surface area contributed by atoms with Gasteiger partial charge >= 0.3 is 0 Å². The van der Waals surface area contributed by atoms with Gasteiger partial charge in [0.2, 0.25) is 0 Å². The fraction of sp³-hybridized carbons (Fsp3) is 0.308. The molecular formula is C13H13ClN6O2. The second kappa shape index (κ2) is 5.06. The van der Waals surface area contributed by atoms with Gasteiger partial charge in [-0.2, -0.15) is 5.10 Å². The molecule has 0 fully saturated rings. The number of hydrogen-bond acceptors (Lipinski definition) is 6. The second-order valence-electron chi connectivity index (χ2n) is 4.99. The first-order valence-corrected chi connectivity index (χ1v) is 6.61. The number of ether oxygens (including phenoxy) is 1. The molecule has 0 amide bonds. The zero-order chi connectivity index (χ0) is 18.4. The largest absolute Gasteiger partial charge is 0.477 e. The number of aryl methyl sites for hydroxylation is 1. The molecule has 3 rings (SSSR count). The molecule has 9 heteroatoms. The second-order valence-corrected chi connectivity index (χ2v) is 5.35. The Kier molecular flexibility index (Phi) is 2.56. The molecule has 3 heterocycles. The number of nitrogens with one attached hydrogen (secondary N) is 1. The van der Waals surface area contributed by atoms with Gasteiger partial charge < -0.3 is 9.72 Å². The third-order valence-electron chi connectivity index (χ3n) is 2.99. The van der Waals surface area contributed by atoms with Crippen LogP contribution < -0.4 is 10.3 Å². The minimum Gasteiger partial charge on any atom is -0.477 e. The van der Waals surface area contributed by atoms with Crippen molar-refractivity contribution >= 4 is 22.5 Å². The Morgan fingerprint density at radius 1 is 1.41 bits per heavy atom. The Hall–Kier alpha value is -2.48. The Labute approximate surface area is 134 Å². The predicted octanol–water partition coefficient (Wildman–Crippen LogP) is 1.41. The lowest BCUT2D eigenvalue weighted by Crippen LogP contribution is -2.28. The summed E-state index contributed by atoms with van der Waals surface area (Å²) in [5.74, 6) is 0.260. The average Bonchev–Trinajstić information content (AvgIpc) is 3.01. The van der Waals surface area contributed by atoms with Crippen molar-refractivity contribution in [1.29, 1.82) is 0 Å². The molecule has 3 aromatic heterocycles. The van der Waals surface area contributed by atoms with E-state index in [-0.39, 0.29) is 27.6 Å². The summed E-state index contributed by atoms with van der Waals surface area (Å²) < 4.78 is 28.7. The van der Waals surface area contributed by atoms with Gasteiger partial charge in [0.25, 0.3) is 5.56 Å². The maximum Gasteiger partial charge on any atom is 0.262 e. The molecule has 0 aliphatic heterocycles. The zero-order valence-corrected chi connectivity index (χ0v) is 12.4. The fourth-order valence-electron chi connectivity index (χ4n) is 1.96. The van der Waals surface area contributed by atoms with Crippen LogP contribution in [0, 0.1) is 0 Å². The van der Waals surface area contributed by atoms with Gasteiger partial charge in [-0.25, -0.2) is 15.0 Å². The van der Waals surface area contributed by atoms with Gasteiger partial charge in [0.1, 0.15) is 17.2 Å². The molecule has 0 aliphatic carbocycles. The Balaban J connectivity index is 2.05. The summed E-state index contributed by atoms with van der Waals surface area (Å²) in [4.78, 5) is 26.5. The minimum atomic E-state index is -2.45. The third kappa shape index (κ3) is 2.41. The van der Waals surface area contributed by atoms with Crippen LogP contribution in [0.5, 0.6) is 5.75 Å². The SMILES string of the molecule is [2H]C([2H])([2H])n1cnc(C(C)(C)Oc2cnc(Cl)c3nc[nH]c(=O)c23)n1. The van der Waals surface area contributed by atoms with E-state index >= 15 is 0 Å². The van der Waals surface area contributed by atoms with Crippen molar-refractivity contribution in [3.05, 3.63) is 40.2 Å². The highest BCUT2D eigenvalue weighted by molar-refractivity contribution is 6.33. The van der Waals surface area contributed by atoms with Crippen molar-refractivity contribution in [2.45, 2.75) is 19.4 Å². The first-order chi connectivity index (χ1) is 11.6. The van der Waals surface area contributed by atoms with Crippen molar-refractivity contribution in [3.8, 4) is 5.75 Å². The quantitative estimate of drug-likeness (QED) is 0.732. The van der Waals surface area contributed by atoms with E-state index in [0.717, 1.165) is 11.0 Å². The van der Waals surface area contributed by atoms with E-state index in [1.165, 1.54) is 12.5 Å². The first kappa shape index (κ1) is 11.1. The van der Waals surface area contributed by atoms with E-state index in [9.17, 15) is 4.79 Å². The summed E-state index contributed by atoms with van der Waals surface area (Å²) in [6.45, 7) is 0.825. The van der Waals surface area contributed by atoms with Gasteiger partial charge in [-0.05, 0) is 13.8 Å². The highest BCUT2D eigenvalue weighted by atomic mass is 35.5. The van der Waals surface area contributed by atoms with E-state index < -0.39 is 18.1 Å². The molecule has 0 aromatic carbocycles. The lowest BCUT2D eigenvalue weighted by atomic mass is 10.1. The molecule has 0 spiro atoms. The molecule has 0 unspecified atom stereocenters. The monoisotopic (exact) mass is 323 g/mol. The molecule has 0 bridgehead atoms. The number of halogens is 1. The molecule has 22 heavy (non-hydrogen) atoms. The number of aromatic nitrogens is 6. The topological polar surface area (TPSA) is 98.6 Å². The third-order valence-corrected chi connectivity index (χ3v) is 3.26. The van der Waals surface area contributed by atoms with Gasteiger partial charge in [0, 0.05) is 11.1 Å². The summed E-state index contributed by atoms with van der Waals surface area (Å²) >= 11 is 5.97. The molecule has 0 aliphatic rings. The summed E-state index contributed by atoms with van der Waals surface area (Å²) in [7, 11) is 0. The molecular weight excluding hydrogens is 308 g/mol. The predicted molar refractivity (Wildman–Crippen MR) is 79.8 cm³/mol. The maximum atomic E-state index is 12.1. The molecule has 114 valence electrons. The number of nitrogens with zero attached hydrogens (tertiary/aromatic N) is 5. The summed E-state index contributed by atoms with van der Waals surface area (Å²) in [5.41, 5.74) is -1.39. The Morgan fingerprint density at radius 3 is 2.95 bits per heavy atom. The Morgan fingerprint density at radius 2 is 2.23 bits per heavy atom. The number of rotatable bonds is 3.